The van der Waals surface area contributed by atoms with E-state index < -0.39 is 0 Å². The van der Waals surface area contributed by atoms with Gasteiger partial charge in [-0.15, -0.1) is 0 Å². The molecule has 3 N–H and O–H groups in total. The van der Waals surface area contributed by atoms with E-state index >= 15 is 0 Å². The van der Waals surface area contributed by atoms with E-state index in [1.807, 2.05) is 12.3 Å². The minimum Gasteiger partial charge on any atom is -0.271 e. The Balaban J connectivity index is 1.89. The van der Waals surface area contributed by atoms with Crippen molar-refractivity contribution in [2.24, 2.45) is 23.6 Å². The summed E-state index contributed by atoms with van der Waals surface area (Å²) in [5.41, 5.74) is 4.22. The molecule has 0 bridgehead atoms. The molecule has 3 atom stereocenters. The van der Waals surface area contributed by atoms with Crippen LogP contribution in [0.25, 0.3) is 0 Å². The Morgan fingerprint density at radius 1 is 1.26 bits per heavy atom. The highest BCUT2D eigenvalue weighted by atomic mass is 15.2. The first-order chi connectivity index (χ1) is 9.19. The van der Waals surface area contributed by atoms with Gasteiger partial charge in [-0.1, -0.05) is 19.9 Å². The first-order valence-corrected chi connectivity index (χ1v) is 7.55. The van der Waals surface area contributed by atoms with E-state index in [1.54, 1.807) is 0 Å². The molecule has 0 spiro atoms. The standard InChI is InChI=1S/C16H27N3/c1-12-9-13(2)11-14(10-12)16(19-17)7-6-15-5-3-4-8-18-15/h3-5,8,12-14,16,19H,6-7,9-11,17H2,1-2H3. The van der Waals surface area contributed by atoms with Gasteiger partial charge in [0.15, 0.2) is 0 Å². The molecule has 0 saturated heterocycles. The van der Waals surface area contributed by atoms with Crippen molar-refractivity contribution in [1.82, 2.24) is 10.4 Å². The third kappa shape index (κ3) is 4.29. The molecule has 1 heterocycles. The topological polar surface area (TPSA) is 50.9 Å². The minimum atomic E-state index is 0.423. The fourth-order valence-corrected chi connectivity index (χ4v) is 3.64. The van der Waals surface area contributed by atoms with E-state index in [0.717, 1.165) is 24.7 Å². The van der Waals surface area contributed by atoms with Crippen LogP contribution in [-0.2, 0) is 6.42 Å². The molecule has 3 unspecified atom stereocenters. The highest BCUT2D eigenvalue weighted by Crippen LogP contribution is 2.35. The lowest BCUT2D eigenvalue weighted by molar-refractivity contribution is 0.171. The predicted molar refractivity (Wildman–Crippen MR) is 79.3 cm³/mol. The Morgan fingerprint density at radius 2 is 2.00 bits per heavy atom. The van der Waals surface area contributed by atoms with Gasteiger partial charge in [-0.3, -0.25) is 16.3 Å². The molecule has 3 heteroatoms. The third-order valence-electron chi connectivity index (χ3n) is 4.44. The Kier molecular flexibility index (Phi) is 5.34. The molecule has 1 fully saturated rings. The normalized spacial score (nSPS) is 29.1. The highest BCUT2D eigenvalue weighted by molar-refractivity contribution is 5.04. The molecule has 3 nitrogen and oxygen atoms in total. The summed E-state index contributed by atoms with van der Waals surface area (Å²) in [7, 11) is 0. The molecule has 1 aromatic heterocycles. The monoisotopic (exact) mass is 261 g/mol. The summed E-state index contributed by atoms with van der Waals surface area (Å²) in [4.78, 5) is 4.39. The van der Waals surface area contributed by atoms with Crippen LogP contribution in [0, 0.1) is 17.8 Å². The second-order valence-electron chi connectivity index (χ2n) is 6.31. The second kappa shape index (κ2) is 7.01. The summed E-state index contributed by atoms with van der Waals surface area (Å²) < 4.78 is 0. The maximum absolute atomic E-state index is 5.79. The van der Waals surface area contributed by atoms with Crippen LogP contribution < -0.4 is 11.3 Å². The third-order valence-corrected chi connectivity index (χ3v) is 4.44. The van der Waals surface area contributed by atoms with Crippen molar-refractivity contribution in [3.05, 3.63) is 30.1 Å². The number of aromatic nitrogens is 1. The lowest BCUT2D eigenvalue weighted by atomic mass is 9.73. The Morgan fingerprint density at radius 3 is 2.58 bits per heavy atom. The molecular formula is C16H27N3. The van der Waals surface area contributed by atoms with Crippen molar-refractivity contribution in [2.45, 2.75) is 52.0 Å². The molecule has 0 radical (unpaired) electrons. The summed E-state index contributed by atoms with van der Waals surface area (Å²) in [6.45, 7) is 4.74. The average Bonchev–Trinajstić information content (AvgIpc) is 2.39. The predicted octanol–water partition coefficient (Wildman–Crippen LogP) is 2.92. The number of aryl methyl sites for hydroxylation is 1. The smallest absolute Gasteiger partial charge is 0.0404 e. The number of hydrogen-bond donors (Lipinski definition) is 2. The molecule has 1 saturated carbocycles. The van der Waals surface area contributed by atoms with Crippen LogP contribution in [0.15, 0.2) is 24.4 Å². The van der Waals surface area contributed by atoms with E-state index in [1.165, 1.54) is 25.0 Å². The van der Waals surface area contributed by atoms with Crippen LogP contribution in [0.2, 0.25) is 0 Å². The first-order valence-electron chi connectivity index (χ1n) is 7.55. The number of hydrazine groups is 1. The van der Waals surface area contributed by atoms with Crippen LogP contribution in [0.5, 0.6) is 0 Å². The zero-order chi connectivity index (χ0) is 13.7. The SMILES string of the molecule is CC1CC(C)CC(C(CCc2ccccn2)NN)C1. The summed E-state index contributed by atoms with van der Waals surface area (Å²) in [6.07, 6.45) is 7.94. The number of rotatable bonds is 5. The Labute approximate surface area is 117 Å². The molecule has 0 amide bonds. The van der Waals surface area contributed by atoms with Gasteiger partial charge in [-0.2, -0.15) is 0 Å². The largest absolute Gasteiger partial charge is 0.271 e. The summed E-state index contributed by atoms with van der Waals surface area (Å²) in [6, 6.07) is 6.54. The highest BCUT2D eigenvalue weighted by Gasteiger charge is 2.29. The number of nitrogens with two attached hydrogens (primary N) is 1. The lowest BCUT2D eigenvalue weighted by Gasteiger charge is -2.36. The van der Waals surface area contributed by atoms with Gasteiger partial charge in [-0.25, -0.2) is 0 Å². The van der Waals surface area contributed by atoms with Gasteiger partial charge in [0.1, 0.15) is 0 Å². The first kappa shape index (κ1) is 14.5. The number of pyridine rings is 1. The Hall–Kier alpha value is -0.930. The minimum absolute atomic E-state index is 0.423. The van der Waals surface area contributed by atoms with Gasteiger partial charge in [0, 0.05) is 17.9 Å². The zero-order valence-corrected chi connectivity index (χ0v) is 12.2. The van der Waals surface area contributed by atoms with Crippen molar-refractivity contribution >= 4 is 0 Å². The quantitative estimate of drug-likeness (QED) is 0.633. The van der Waals surface area contributed by atoms with Crippen molar-refractivity contribution in [1.29, 1.82) is 0 Å². The Bertz CT molecular complexity index is 356. The van der Waals surface area contributed by atoms with E-state index in [-0.39, 0.29) is 0 Å². The molecular weight excluding hydrogens is 234 g/mol. The van der Waals surface area contributed by atoms with Crippen LogP contribution >= 0.6 is 0 Å². The fraction of sp³-hybridized carbons (Fsp3) is 0.688. The summed E-state index contributed by atoms with van der Waals surface area (Å²) >= 11 is 0. The molecule has 0 aromatic carbocycles. The maximum Gasteiger partial charge on any atom is 0.0404 e. The van der Waals surface area contributed by atoms with Gasteiger partial charge in [0.2, 0.25) is 0 Å². The van der Waals surface area contributed by atoms with Crippen molar-refractivity contribution in [3.63, 3.8) is 0 Å². The maximum atomic E-state index is 5.79. The molecule has 2 rings (SSSR count). The van der Waals surface area contributed by atoms with Gasteiger partial charge in [0.25, 0.3) is 0 Å². The fourth-order valence-electron chi connectivity index (χ4n) is 3.64. The molecule has 19 heavy (non-hydrogen) atoms. The van der Waals surface area contributed by atoms with Crippen LogP contribution in [0.1, 0.15) is 45.2 Å². The number of nitrogens with zero attached hydrogens (tertiary/aromatic N) is 1. The van der Waals surface area contributed by atoms with E-state index in [4.69, 9.17) is 5.84 Å². The second-order valence-corrected chi connectivity index (χ2v) is 6.31. The summed E-state index contributed by atoms with van der Waals surface area (Å²) in [5, 5.41) is 0. The average molecular weight is 261 g/mol. The van der Waals surface area contributed by atoms with Crippen LogP contribution in [0.4, 0.5) is 0 Å². The molecule has 1 aromatic rings. The molecule has 106 valence electrons. The van der Waals surface area contributed by atoms with E-state index in [0.29, 0.717) is 12.0 Å². The zero-order valence-electron chi connectivity index (χ0n) is 12.2. The van der Waals surface area contributed by atoms with Gasteiger partial charge >= 0.3 is 0 Å². The van der Waals surface area contributed by atoms with Crippen molar-refractivity contribution in [2.75, 3.05) is 0 Å². The van der Waals surface area contributed by atoms with Gasteiger partial charge in [0.05, 0.1) is 0 Å². The van der Waals surface area contributed by atoms with Crippen molar-refractivity contribution in [3.8, 4) is 0 Å². The molecule has 1 aliphatic carbocycles. The van der Waals surface area contributed by atoms with Crippen LogP contribution in [0.3, 0.4) is 0 Å². The van der Waals surface area contributed by atoms with Gasteiger partial charge < -0.3 is 0 Å². The van der Waals surface area contributed by atoms with Gasteiger partial charge in [-0.05, 0) is 62.0 Å². The van der Waals surface area contributed by atoms with E-state index in [9.17, 15) is 0 Å². The number of hydrogen-bond acceptors (Lipinski definition) is 3. The molecule has 1 aliphatic rings. The number of nitrogens with one attached hydrogen (secondary N) is 1. The lowest BCUT2D eigenvalue weighted by Crippen LogP contribution is -2.43. The van der Waals surface area contributed by atoms with Crippen LogP contribution in [-0.4, -0.2) is 11.0 Å². The summed E-state index contributed by atoms with van der Waals surface area (Å²) in [5.74, 6) is 8.17. The van der Waals surface area contributed by atoms with E-state index in [2.05, 4.69) is 36.4 Å². The van der Waals surface area contributed by atoms with Crippen molar-refractivity contribution < 1.29 is 0 Å². The molecule has 0 aliphatic heterocycles.